The Balaban J connectivity index is 1.95. The number of hydrogen-bond acceptors (Lipinski definition) is 4. The van der Waals surface area contributed by atoms with Crippen LogP contribution in [-0.2, 0) is 9.53 Å². The van der Waals surface area contributed by atoms with Crippen LogP contribution in [0.4, 0.5) is 0 Å². The van der Waals surface area contributed by atoms with Gasteiger partial charge >= 0.3 is 5.97 Å². The second-order valence-corrected chi connectivity index (χ2v) is 3.30. The van der Waals surface area contributed by atoms with Crippen LogP contribution in [0.25, 0.3) is 0 Å². The molecule has 0 spiro atoms. The van der Waals surface area contributed by atoms with Gasteiger partial charge in [0.05, 0.1) is 6.17 Å². The fraction of sp³-hybridized carbons (Fsp3) is 0.889. The Morgan fingerprint density at radius 2 is 2.46 bits per heavy atom. The molecule has 0 aliphatic carbocycles. The van der Waals surface area contributed by atoms with Crippen molar-refractivity contribution in [1.29, 1.82) is 0 Å². The molecule has 0 aromatic heterocycles. The molecule has 1 heterocycles. The summed E-state index contributed by atoms with van der Waals surface area (Å²) in [6.45, 7) is 3.72. The Hall–Kier alpha value is -0.610. The number of nitrogens with one attached hydrogen (secondary N) is 2. The van der Waals surface area contributed by atoms with E-state index in [1.165, 1.54) is 26.2 Å². The Morgan fingerprint density at radius 1 is 1.62 bits per heavy atom. The predicted molar refractivity (Wildman–Crippen MR) is 50.3 cm³/mol. The van der Waals surface area contributed by atoms with E-state index in [4.69, 9.17) is 4.74 Å². The molecule has 1 saturated heterocycles. The minimum absolute atomic E-state index is 0.210. The maximum atomic E-state index is 10.4. The largest absolute Gasteiger partial charge is 0.465 e. The summed E-state index contributed by atoms with van der Waals surface area (Å²) in [7, 11) is 0. The van der Waals surface area contributed by atoms with E-state index in [0.717, 1.165) is 13.1 Å². The summed E-state index contributed by atoms with van der Waals surface area (Å²) >= 11 is 0. The summed E-state index contributed by atoms with van der Waals surface area (Å²) in [5.41, 5.74) is 0. The van der Waals surface area contributed by atoms with Crippen LogP contribution < -0.4 is 10.6 Å². The van der Waals surface area contributed by atoms with Crippen molar-refractivity contribution in [3.8, 4) is 0 Å². The van der Waals surface area contributed by atoms with Crippen molar-refractivity contribution in [2.45, 2.75) is 32.4 Å². The first kappa shape index (κ1) is 10.5. The van der Waals surface area contributed by atoms with Gasteiger partial charge in [0, 0.05) is 13.5 Å². The van der Waals surface area contributed by atoms with Crippen molar-refractivity contribution in [1.82, 2.24) is 10.6 Å². The Kier molecular flexibility index (Phi) is 4.78. The predicted octanol–water partition coefficient (Wildman–Crippen LogP) is 0.239. The zero-order valence-corrected chi connectivity index (χ0v) is 8.14. The molecule has 1 rings (SSSR count). The number of carbonyl (C=O) groups is 1. The molecule has 1 aliphatic rings. The van der Waals surface area contributed by atoms with E-state index in [9.17, 15) is 4.79 Å². The molecule has 76 valence electrons. The Morgan fingerprint density at radius 3 is 3.08 bits per heavy atom. The third kappa shape index (κ3) is 4.85. The summed E-state index contributed by atoms with van der Waals surface area (Å²) in [6, 6.07) is 0. The number of rotatable bonds is 4. The van der Waals surface area contributed by atoms with Crippen molar-refractivity contribution >= 4 is 5.97 Å². The maximum Gasteiger partial charge on any atom is 0.302 e. The monoisotopic (exact) mass is 186 g/mol. The second kappa shape index (κ2) is 5.94. The van der Waals surface area contributed by atoms with Crippen molar-refractivity contribution in [2.24, 2.45) is 0 Å². The molecular formula is C9H18N2O2. The average Bonchev–Trinajstić information content (AvgIpc) is 2.14. The highest BCUT2D eigenvalue weighted by molar-refractivity contribution is 5.65. The van der Waals surface area contributed by atoms with Crippen LogP contribution in [0.15, 0.2) is 0 Å². The molecule has 13 heavy (non-hydrogen) atoms. The third-order valence-corrected chi connectivity index (χ3v) is 2.11. The smallest absolute Gasteiger partial charge is 0.302 e. The zero-order valence-electron chi connectivity index (χ0n) is 8.14. The van der Waals surface area contributed by atoms with Gasteiger partial charge in [-0.15, -0.1) is 0 Å². The molecule has 0 amide bonds. The average molecular weight is 186 g/mol. The molecule has 1 aliphatic heterocycles. The van der Waals surface area contributed by atoms with Gasteiger partial charge in [-0.05, 0) is 25.8 Å². The van der Waals surface area contributed by atoms with Crippen LogP contribution in [0.2, 0.25) is 0 Å². The zero-order chi connectivity index (χ0) is 9.52. The molecule has 4 nitrogen and oxygen atoms in total. The highest BCUT2D eigenvalue weighted by atomic mass is 16.5. The Labute approximate surface area is 79.0 Å². The van der Waals surface area contributed by atoms with Crippen molar-refractivity contribution < 1.29 is 9.53 Å². The lowest BCUT2D eigenvalue weighted by molar-refractivity contribution is -0.140. The summed E-state index contributed by atoms with van der Waals surface area (Å²) in [4.78, 5) is 10.4. The van der Waals surface area contributed by atoms with E-state index in [0.29, 0.717) is 12.8 Å². The van der Waals surface area contributed by atoms with E-state index < -0.39 is 0 Å². The van der Waals surface area contributed by atoms with Crippen LogP contribution in [0.1, 0.15) is 26.2 Å². The number of hydrogen-bond donors (Lipinski definition) is 2. The first-order valence-corrected chi connectivity index (χ1v) is 4.89. The summed E-state index contributed by atoms with van der Waals surface area (Å²) in [5.74, 6) is -0.210. The number of carbonyl (C=O) groups excluding carboxylic acids is 1. The quantitative estimate of drug-likeness (QED) is 0.488. The number of piperidine rings is 1. The van der Waals surface area contributed by atoms with Gasteiger partial charge in [0.1, 0.15) is 6.61 Å². The van der Waals surface area contributed by atoms with Gasteiger partial charge in [0.2, 0.25) is 0 Å². The van der Waals surface area contributed by atoms with Crippen molar-refractivity contribution in [3.05, 3.63) is 0 Å². The lowest BCUT2D eigenvalue weighted by atomic mass is 10.1. The summed E-state index contributed by atoms with van der Waals surface area (Å²) < 4.78 is 4.80. The van der Waals surface area contributed by atoms with Crippen molar-refractivity contribution in [2.75, 3.05) is 19.7 Å². The topological polar surface area (TPSA) is 50.4 Å². The first-order chi connectivity index (χ1) is 6.29. The number of ether oxygens (including phenoxy) is 1. The molecule has 1 unspecified atom stereocenters. The first-order valence-electron chi connectivity index (χ1n) is 4.89. The van der Waals surface area contributed by atoms with E-state index in [1.807, 2.05) is 0 Å². The van der Waals surface area contributed by atoms with E-state index in [-0.39, 0.29) is 5.97 Å². The van der Waals surface area contributed by atoms with Crippen LogP contribution in [0, 0.1) is 0 Å². The van der Waals surface area contributed by atoms with Gasteiger partial charge in [0.25, 0.3) is 0 Å². The number of esters is 1. The molecule has 0 radical (unpaired) electrons. The fourth-order valence-electron chi connectivity index (χ4n) is 1.45. The van der Waals surface area contributed by atoms with E-state index in [2.05, 4.69) is 10.6 Å². The lowest BCUT2D eigenvalue weighted by Gasteiger charge is -2.24. The molecule has 2 N–H and O–H groups in total. The molecule has 1 fully saturated rings. The molecule has 4 heteroatoms. The molecule has 1 atom stereocenters. The van der Waals surface area contributed by atoms with Crippen LogP contribution in [0.5, 0.6) is 0 Å². The van der Waals surface area contributed by atoms with Crippen LogP contribution in [-0.4, -0.2) is 31.8 Å². The molecular weight excluding hydrogens is 168 g/mol. The van der Waals surface area contributed by atoms with Gasteiger partial charge < -0.3 is 10.1 Å². The molecule has 0 bridgehead atoms. The van der Waals surface area contributed by atoms with Gasteiger partial charge in [0.15, 0.2) is 0 Å². The van der Waals surface area contributed by atoms with E-state index >= 15 is 0 Å². The lowest BCUT2D eigenvalue weighted by Crippen LogP contribution is -2.46. The van der Waals surface area contributed by atoms with Crippen LogP contribution in [0.3, 0.4) is 0 Å². The minimum atomic E-state index is -0.210. The van der Waals surface area contributed by atoms with E-state index in [1.54, 1.807) is 0 Å². The Bertz CT molecular complexity index is 156. The van der Waals surface area contributed by atoms with Gasteiger partial charge in [-0.3, -0.25) is 10.1 Å². The van der Waals surface area contributed by atoms with Crippen LogP contribution >= 0.6 is 0 Å². The fourth-order valence-corrected chi connectivity index (χ4v) is 1.45. The van der Waals surface area contributed by atoms with Crippen molar-refractivity contribution in [3.63, 3.8) is 0 Å². The van der Waals surface area contributed by atoms with Gasteiger partial charge in [-0.1, -0.05) is 0 Å². The molecule has 0 aromatic carbocycles. The standard InChI is InChI=1S/C9H18N2O2/c1-8(12)13-7-6-11-9-4-2-3-5-10-9/h9-11H,2-7H2,1H3. The van der Waals surface area contributed by atoms with Gasteiger partial charge in [-0.25, -0.2) is 0 Å². The maximum absolute atomic E-state index is 10.4. The second-order valence-electron chi connectivity index (χ2n) is 3.30. The highest BCUT2D eigenvalue weighted by Crippen LogP contribution is 2.03. The summed E-state index contributed by atoms with van der Waals surface area (Å²) in [6.07, 6.45) is 4.12. The minimum Gasteiger partial charge on any atom is -0.465 e. The third-order valence-electron chi connectivity index (χ3n) is 2.11. The molecule has 0 saturated carbocycles. The molecule has 0 aromatic rings. The summed E-state index contributed by atoms with van der Waals surface area (Å²) in [5, 5.41) is 6.64. The van der Waals surface area contributed by atoms with Gasteiger partial charge in [-0.2, -0.15) is 0 Å². The SMILES string of the molecule is CC(=O)OCCNC1CCCCN1. The highest BCUT2D eigenvalue weighted by Gasteiger charge is 2.10. The normalized spacial score (nSPS) is 22.7.